The first-order chi connectivity index (χ1) is 17.6. The molecule has 7 nitrogen and oxygen atoms in total. The number of nitrogens with zero attached hydrogens (tertiary/aromatic N) is 1. The second kappa shape index (κ2) is 12.5. The van der Waals surface area contributed by atoms with Crippen LogP contribution in [0.25, 0.3) is 6.08 Å². The number of anilines is 2. The summed E-state index contributed by atoms with van der Waals surface area (Å²) in [5.41, 5.74) is 3.11. The van der Waals surface area contributed by atoms with Crippen molar-refractivity contribution in [3.63, 3.8) is 0 Å². The number of rotatable bonds is 10. The van der Waals surface area contributed by atoms with Gasteiger partial charge in [0, 0.05) is 41.5 Å². The Morgan fingerprint density at radius 1 is 0.778 bits per heavy atom. The van der Waals surface area contributed by atoms with Crippen LogP contribution in [0.4, 0.5) is 11.4 Å². The van der Waals surface area contributed by atoms with Crippen LogP contribution >= 0.6 is 0 Å². The highest BCUT2D eigenvalue weighted by atomic mass is 16.5. The Balaban J connectivity index is 1.24. The first-order valence-corrected chi connectivity index (χ1v) is 11.3. The Morgan fingerprint density at radius 3 is 2.36 bits per heavy atom. The number of carbonyl (C=O) groups excluding carboxylic acids is 2. The van der Waals surface area contributed by atoms with Gasteiger partial charge in [0.15, 0.2) is 6.61 Å². The molecule has 0 saturated heterocycles. The zero-order chi connectivity index (χ0) is 25.0. The maximum atomic E-state index is 12.4. The van der Waals surface area contributed by atoms with E-state index < -0.39 is 0 Å². The molecule has 7 heteroatoms. The molecule has 0 radical (unpaired) electrons. The number of amides is 2. The van der Waals surface area contributed by atoms with Crippen molar-refractivity contribution in [3.8, 4) is 11.5 Å². The van der Waals surface area contributed by atoms with E-state index in [9.17, 15) is 9.59 Å². The highest BCUT2D eigenvalue weighted by molar-refractivity contribution is 6.02. The number of ether oxygens (including phenoxy) is 2. The Kier molecular flexibility index (Phi) is 8.43. The van der Waals surface area contributed by atoms with E-state index in [1.54, 1.807) is 54.9 Å². The van der Waals surface area contributed by atoms with Gasteiger partial charge in [-0.25, -0.2) is 0 Å². The number of hydrogen-bond acceptors (Lipinski definition) is 5. The van der Waals surface area contributed by atoms with Crippen LogP contribution in [0.1, 0.15) is 11.1 Å². The quantitative estimate of drug-likeness (QED) is 0.300. The molecule has 3 aromatic carbocycles. The number of benzene rings is 3. The smallest absolute Gasteiger partial charge is 0.262 e. The summed E-state index contributed by atoms with van der Waals surface area (Å²) in [5, 5.41) is 5.55. The fraction of sp³-hybridized carbons (Fsp3) is 0.0690. The third kappa shape index (κ3) is 7.85. The number of hydrogen-bond donors (Lipinski definition) is 2. The van der Waals surface area contributed by atoms with E-state index in [1.807, 2.05) is 54.6 Å². The van der Waals surface area contributed by atoms with Crippen molar-refractivity contribution < 1.29 is 19.1 Å². The number of aromatic nitrogens is 1. The molecule has 0 aliphatic carbocycles. The van der Waals surface area contributed by atoms with Gasteiger partial charge in [0.05, 0.1) is 0 Å². The summed E-state index contributed by atoms with van der Waals surface area (Å²) in [4.78, 5) is 28.5. The van der Waals surface area contributed by atoms with Gasteiger partial charge >= 0.3 is 0 Å². The standard InChI is InChI=1S/C29H25N3O4/c33-28(16-13-22-11-14-26(15-12-22)35-20-23-6-5-17-30-19-23)32-25-9-4-10-27(18-25)36-21-29(34)31-24-7-2-1-3-8-24/h1-19H,20-21H2,(H,31,34)(H,32,33). The van der Waals surface area contributed by atoms with E-state index in [1.165, 1.54) is 6.08 Å². The van der Waals surface area contributed by atoms with Crippen LogP contribution in [0.3, 0.4) is 0 Å². The summed E-state index contributed by atoms with van der Waals surface area (Å²) in [6.07, 6.45) is 6.65. The highest BCUT2D eigenvalue weighted by Crippen LogP contribution is 2.18. The van der Waals surface area contributed by atoms with Crippen molar-refractivity contribution >= 4 is 29.3 Å². The van der Waals surface area contributed by atoms with Crippen LogP contribution in [-0.2, 0) is 16.2 Å². The van der Waals surface area contributed by atoms with Crippen LogP contribution in [0.15, 0.2) is 109 Å². The van der Waals surface area contributed by atoms with Crippen molar-refractivity contribution in [1.82, 2.24) is 4.98 Å². The summed E-state index contributed by atoms with van der Waals surface area (Å²) >= 11 is 0. The van der Waals surface area contributed by atoms with Gasteiger partial charge in [-0.15, -0.1) is 0 Å². The number of pyridine rings is 1. The highest BCUT2D eigenvalue weighted by Gasteiger charge is 2.05. The fourth-order valence-corrected chi connectivity index (χ4v) is 3.21. The maximum Gasteiger partial charge on any atom is 0.262 e. The van der Waals surface area contributed by atoms with Crippen molar-refractivity contribution in [3.05, 3.63) is 121 Å². The van der Waals surface area contributed by atoms with Crippen molar-refractivity contribution in [2.24, 2.45) is 0 Å². The minimum Gasteiger partial charge on any atom is -0.489 e. The molecule has 0 saturated carbocycles. The topological polar surface area (TPSA) is 89.6 Å². The zero-order valence-electron chi connectivity index (χ0n) is 19.5. The van der Waals surface area contributed by atoms with Gasteiger partial charge in [0.25, 0.3) is 5.91 Å². The lowest BCUT2D eigenvalue weighted by molar-refractivity contribution is -0.118. The maximum absolute atomic E-state index is 12.4. The van der Waals surface area contributed by atoms with Crippen LogP contribution in [0, 0.1) is 0 Å². The average Bonchev–Trinajstić information content (AvgIpc) is 2.91. The van der Waals surface area contributed by atoms with Gasteiger partial charge in [-0.1, -0.05) is 42.5 Å². The molecule has 0 fully saturated rings. The molecule has 0 bridgehead atoms. The lowest BCUT2D eigenvalue weighted by atomic mass is 10.2. The second-order valence-corrected chi connectivity index (χ2v) is 7.77. The molecule has 0 aliphatic rings. The van der Waals surface area contributed by atoms with Crippen LogP contribution in [0.2, 0.25) is 0 Å². The third-order valence-corrected chi connectivity index (χ3v) is 4.96. The van der Waals surface area contributed by atoms with Gasteiger partial charge < -0.3 is 20.1 Å². The van der Waals surface area contributed by atoms with Gasteiger partial charge in [-0.3, -0.25) is 14.6 Å². The molecule has 0 aliphatic heterocycles. The lowest BCUT2D eigenvalue weighted by Gasteiger charge is -2.09. The van der Waals surface area contributed by atoms with E-state index in [4.69, 9.17) is 9.47 Å². The largest absolute Gasteiger partial charge is 0.489 e. The number of para-hydroxylation sites is 1. The van der Waals surface area contributed by atoms with Crippen molar-refractivity contribution in [2.45, 2.75) is 6.61 Å². The van der Waals surface area contributed by atoms with Crippen molar-refractivity contribution in [1.29, 1.82) is 0 Å². The van der Waals surface area contributed by atoms with Crippen LogP contribution < -0.4 is 20.1 Å². The Hall–Kier alpha value is -4.91. The lowest BCUT2D eigenvalue weighted by Crippen LogP contribution is -2.20. The zero-order valence-corrected chi connectivity index (χ0v) is 19.5. The Morgan fingerprint density at radius 2 is 1.58 bits per heavy atom. The first-order valence-electron chi connectivity index (χ1n) is 11.3. The van der Waals surface area contributed by atoms with Crippen LogP contribution in [-0.4, -0.2) is 23.4 Å². The molecule has 2 N–H and O–H groups in total. The first kappa shape index (κ1) is 24.2. The van der Waals surface area contributed by atoms with Crippen LogP contribution in [0.5, 0.6) is 11.5 Å². The molecule has 36 heavy (non-hydrogen) atoms. The molecular formula is C29H25N3O4. The molecular weight excluding hydrogens is 454 g/mol. The Bertz CT molecular complexity index is 1310. The monoisotopic (exact) mass is 479 g/mol. The minimum absolute atomic E-state index is 0.145. The van der Waals surface area contributed by atoms with E-state index in [-0.39, 0.29) is 18.4 Å². The molecule has 0 atom stereocenters. The molecule has 0 spiro atoms. The number of carbonyl (C=O) groups is 2. The van der Waals surface area contributed by atoms with Crippen molar-refractivity contribution in [2.75, 3.05) is 17.2 Å². The average molecular weight is 480 g/mol. The molecule has 2 amide bonds. The van der Waals surface area contributed by atoms with Gasteiger partial charge in [-0.05, 0) is 54.1 Å². The third-order valence-electron chi connectivity index (χ3n) is 4.96. The predicted octanol–water partition coefficient (Wildman–Crippen LogP) is 5.33. The summed E-state index contributed by atoms with van der Waals surface area (Å²) in [5.74, 6) is 0.648. The van der Waals surface area contributed by atoms with Gasteiger partial charge in [-0.2, -0.15) is 0 Å². The SMILES string of the molecule is O=C(C=Cc1ccc(OCc2cccnc2)cc1)Nc1cccc(OCC(=O)Nc2ccccc2)c1. The molecule has 4 rings (SSSR count). The molecule has 1 aromatic heterocycles. The van der Waals surface area contributed by atoms with Gasteiger partial charge in [0.1, 0.15) is 18.1 Å². The van der Waals surface area contributed by atoms with E-state index in [0.717, 1.165) is 16.9 Å². The minimum atomic E-state index is -0.286. The molecule has 4 aromatic rings. The van der Waals surface area contributed by atoms with Gasteiger partial charge in [0.2, 0.25) is 5.91 Å². The number of nitrogens with one attached hydrogen (secondary N) is 2. The summed E-state index contributed by atoms with van der Waals surface area (Å²) < 4.78 is 11.3. The normalized spacial score (nSPS) is 10.6. The summed E-state index contributed by atoms with van der Waals surface area (Å²) in [6, 6.07) is 27.3. The summed E-state index contributed by atoms with van der Waals surface area (Å²) in [7, 11) is 0. The van der Waals surface area contributed by atoms with E-state index in [0.29, 0.717) is 23.7 Å². The van der Waals surface area contributed by atoms with E-state index >= 15 is 0 Å². The molecule has 1 heterocycles. The summed E-state index contributed by atoms with van der Waals surface area (Å²) in [6.45, 7) is 0.292. The second-order valence-electron chi connectivity index (χ2n) is 7.77. The molecule has 0 unspecified atom stereocenters. The molecule has 180 valence electrons. The Labute approximate surface area is 209 Å². The predicted molar refractivity (Wildman–Crippen MR) is 140 cm³/mol. The van der Waals surface area contributed by atoms with E-state index in [2.05, 4.69) is 15.6 Å². The fourth-order valence-electron chi connectivity index (χ4n) is 3.21.